The van der Waals surface area contributed by atoms with E-state index in [0.717, 1.165) is 4.40 Å². The van der Waals surface area contributed by atoms with Crippen LogP contribution in [-0.2, 0) is 15.6 Å². The van der Waals surface area contributed by atoms with Gasteiger partial charge < -0.3 is 14.9 Å². The lowest BCUT2D eigenvalue weighted by molar-refractivity contribution is -0.391. The van der Waals surface area contributed by atoms with Crippen LogP contribution in [0.4, 0.5) is 5.82 Å². The van der Waals surface area contributed by atoms with E-state index in [1.54, 1.807) is 30.3 Å². The Morgan fingerprint density at radius 3 is 2.42 bits per heavy atom. The highest BCUT2D eigenvalue weighted by atomic mass is 35.5. The predicted molar refractivity (Wildman–Crippen MR) is 123 cm³/mol. The summed E-state index contributed by atoms with van der Waals surface area (Å²) in [5, 5.41) is 12.0. The summed E-state index contributed by atoms with van der Waals surface area (Å²) in [6.07, 6.45) is 1.31. The molecule has 0 aliphatic rings. The van der Waals surface area contributed by atoms with Gasteiger partial charge in [0, 0.05) is 0 Å². The van der Waals surface area contributed by atoms with Gasteiger partial charge >= 0.3 is 5.82 Å². The van der Waals surface area contributed by atoms with Crippen LogP contribution in [0.1, 0.15) is 11.3 Å². The van der Waals surface area contributed by atoms with Crippen molar-refractivity contribution < 1.29 is 18.1 Å². The first-order chi connectivity index (χ1) is 15.8. The number of pyridine rings is 1. The highest BCUT2D eigenvalue weighted by Crippen LogP contribution is 2.28. The molecule has 4 aromatic rings. The number of fused-ring (bicyclic) bond motifs is 1. The van der Waals surface area contributed by atoms with Crippen molar-refractivity contribution in [2.75, 3.05) is 6.61 Å². The molecule has 0 aliphatic heterocycles. The Bertz CT molecular complexity index is 1490. The highest BCUT2D eigenvalue weighted by molar-refractivity contribution is 7.90. The SMILES string of the molecule is O=[N+]([O-])c1c(CS(=O)(=O)c2ccccc2)nc2c(C#CCOc3ccccc3)cc(Cl)cn12. The Morgan fingerprint density at radius 1 is 1.09 bits per heavy atom. The van der Waals surface area contributed by atoms with E-state index in [9.17, 15) is 18.5 Å². The molecule has 0 amide bonds. The van der Waals surface area contributed by atoms with Crippen LogP contribution in [0, 0.1) is 22.0 Å². The van der Waals surface area contributed by atoms with E-state index in [4.69, 9.17) is 16.3 Å². The van der Waals surface area contributed by atoms with Crippen LogP contribution in [0.15, 0.2) is 77.8 Å². The summed E-state index contributed by atoms with van der Waals surface area (Å²) in [6.45, 7) is 0.0702. The number of benzene rings is 2. The molecule has 0 N–H and O–H groups in total. The van der Waals surface area contributed by atoms with Crippen molar-refractivity contribution in [1.29, 1.82) is 0 Å². The number of para-hydroxylation sites is 1. The molecule has 33 heavy (non-hydrogen) atoms. The predicted octanol–water partition coefficient (Wildman–Crippen LogP) is 4.30. The fourth-order valence-corrected chi connectivity index (χ4v) is 4.69. The van der Waals surface area contributed by atoms with Crippen molar-refractivity contribution in [3.8, 4) is 17.6 Å². The molecule has 2 aromatic heterocycles. The Labute approximate surface area is 194 Å². The van der Waals surface area contributed by atoms with Crippen LogP contribution in [0.25, 0.3) is 5.65 Å². The van der Waals surface area contributed by atoms with E-state index in [1.165, 1.54) is 24.4 Å². The summed E-state index contributed by atoms with van der Waals surface area (Å²) >= 11 is 6.16. The quantitative estimate of drug-likeness (QED) is 0.231. The van der Waals surface area contributed by atoms with Gasteiger partial charge in [-0.3, -0.25) is 0 Å². The van der Waals surface area contributed by atoms with E-state index in [2.05, 4.69) is 16.8 Å². The number of halogens is 1. The third-order valence-electron chi connectivity index (χ3n) is 4.61. The van der Waals surface area contributed by atoms with Crippen LogP contribution in [0.5, 0.6) is 5.75 Å². The van der Waals surface area contributed by atoms with Crippen molar-refractivity contribution in [3.63, 3.8) is 0 Å². The summed E-state index contributed by atoms with van der Waals surface area (Å²) in [6, 6.07) is 18.3. The average molecular weight is 482 g/mol. The average Bonchev–Trinajstić information content (AvgIpc) is 3.15. The van der Waals surface area contributed by atoms with E-state index in [-0.39, 0.29) is 27.9 Å². The molecule has 2 heterocycles. The largest absolute Gasteiger partial charge is 0.481 e. The molecular formula is C23H16ClN3O5S. The smallest absolute Gasteiger partial charge is 0.352 e. The molecule has 166 valence electrons. The Morgan fingerprint density at radius 2 is 1.76 bits per heavy atom. The second-order valence-electron chi connectivity index (χ2n) is 6.88. The number of imidazole rings is 1. The normalized spacial score (nSPS) is 11.1. The topological polar surface area (TPSA) is 104 Å². The molecule has 0 bridgehead atoms. The van der Waals surface area contributed by atoms with Gasteiger partial charge in [-0.2, -0.15) is 4.40 Å². The zero-order valence-electron chi connectivity index (χ0n) is 17.0. The number of rotatable bonds is 6. The van der Waals surface area contributed by atoms with Crippen molar-refractivity contribution in [2.45, 2.75) is 10.6 Å². The summed E-state index contributed by atoms with van der Waals surface area (Å²) in [4.78, 5) is 15.4. The molecule has 0 aliphatic carbocycles. The van der Waals surface area contributed by atoms with Gasteiger partial charge in [0.1, 0.15) is 24.3 Å². The lowest BCUT2D eigenvalue weighted by Gasteiger charge is -2.02. The number of sulfone groups is 1. The van der Waals surface area contributed by atoms with E-state index in [1.807, 2.05) is 18.2 Å². The molecule has 4 rings (SSSR count). The maximum Gasteiger partial charge on any atom is 0.352 e. The summed E-state index contributed by atoms with van der Waals surface area (Å²) < 4.78 is 32.3. The molecule has 0 unspecified atom stereocenters. The molecule has 2 aromatic carbocycles. The minimum atomic E-state index is -3.86. The number of nitro groups is 1. The summed E-state index contributed by atoms with van der Waals surface area (Å²) in [7, 11) is -3.86. The maximum atomic E-state index is 12.8. The molecule has 0 atom stereocenters. The maximum absolute atomic E-state index is 12.8. The van der Waals surface area contributed by atoms with Gasteiger partial charge in [-0.25, -0.2) is 13.4 Å². The van der Waals surface area contributed by atoms with Crippen LogP contribution in [-0.4, -0.2) is 29.3 Å². The lowest BCUT2D eigenvalue weighted by atomic mass is 10.2. The van der Waals surface area contributed by atoms with E-state index in [0.29, 0.717) is 11.3 Å². The van der Waals surface area contributed by atoms with Gasteiger partial charge in [0.15, 0.2) is 15.5 Å². The fraction of sp³-hybridized carbons (Fsp3) is 0.0870. The third-order valence-corrected chi connectivity index (χ3v) is 6.46. The summed E-state index contributed by atoms with van der Waals surface area (Å²) in [5.41, 5.74) is 0.247. The van der Waals surface area contributed by atoms with Crippen molar-refractivity contribution in [1.82, 2.24) is 9.38 Å². The molecule has 0 radical (unpaired) electrons. The molecule has 0 saturated carbocycles. The molecule has 8 nitrogen and oxygen atoms in total. The number of hydrogen-bond donors (Lipinski definition) is 0. The van der Waals surface area contributed by atoms with E-state index < -0.39 is 26.3 Å². The Kier molecular flexibility index (Phi) is 6.31. The Balaban J connectivity index is 1.72. The fourth-order valence-electron chi connectivity index (χ4n) is 3.19. The number of aromatic nitrogens is 2. The number of hydrogen-bond acceptors (Lipinski definition) is 6. The molecule has 0 spiro atoms. The van der Waals surface area contributed by atoms with E-state index >= 15 is 0 Å². The van der Waals surface area contributed by atoms with Gasteiger partial charge in [0.05, 0.1) is 15.5 Å². The first-order valence-corrected chi connectivity index (χ1v) is 11.7. The van der Waals surface area contributed by atoms with Crippen molar-refractivity contribution in [3.05, 3.63) is 99.3 Å². The van der Waals surface area contributed by atoms with Crippen LogP contribution >= 0.6 is 11.6 Å². The van der Waals surface area contributed by atoms with Crippen molar-refractivity contribution >= 4 is 32.9 Å². The van der Waals surface area contributed by atoms with Gasteiger partial charge in [-0.1, -0.05) is 59.8 Å². The lowest BCUT2D eigenvalue weighted by Crippen LogP contribution is -2.07. The van der Waals surface area contributed by atoms with Crippen LogP contribution < -0.4 is 4.74 Å². The zero-order valence-corrected chi connectivity index (χ0v) is 18.6. The van der Waals surface area contributed by atoms with Gasteiger partial charge in [-0.15, -0.1) is 0 Å². The van der Waals surface area contributed by atoms with Gasteiger partial charge in [-0.05, 0) is 35.3 Å². The summed E-state index contributed by atoms with van der Waals surface area (Å²) in [5.74, 6) is 5.21. The van der Waals surface area contributed by atoms with Gasteiger partial charge in [0.25, 0.3) is 0 Å². The van der Waals surface area contributed by atoms with Crippen LogP contribution in [0.2, 0.25) is 5.02 Å². The monoisotopic (exact) mass is 481 g/mol. The number of nitrogens with zero attached hydrogens (tertiary/aromatic N) is 3. The van der Waals surface area contributed by atoms with Crippen LogP contribution in [0.3, 0.4) is 0 Å². The van der Waals surface area contributed by atoms with Gasteiger partial charge in [0.2, 0.25) is 5.65 Å². The third kappa shape index (κ3) is 4.98. The molecular weight excluding hydrogens is 466 g/mol. The Hall–Kier alpha value is -3.87. The second kappa shape index (κ2) is 9.32. The first kappa shape index (κ1) is 22.3. The zero-order chi connectivity index (χ0) is 23.4. The molecule has 0 saturated heterocycles. The minimum absolute atomic E-state index is 0.0486. The second-order valence-corrected chi connectivity index (χ2v) is 9.31. The molecule has 10 heteroatoms. The van der Waals surface area contributed by atoms with Crippen molar-refractivity contribution in [2.24, 2.45) is 0 Å². The highest BCUT2D eigenvalue weighted by Gasteiger charge is 2.29. The minimum Gasteiger partial charge on any atom is -0.481 e. The number of ether oxygens (including phenoxy) is 1. The molecule has 0 fully saturated rings. The first-order valence-electron chi connectivity index (χ1n) is 9.64. The standard InChI is InChI=1S/C23H16ClN3O5S/c24-18-14-17(8-7-13-32-19-9-3-1-4-10-19)22-25-21(23(27(28)29)26(22)15-18)16-33(30,31)20-11-5-2-6-12-20/h1-6,9-12,14-15H,13,16H2.